The van der Waals surface area contributed by atoms with E-state index in [9.17, 15) is 9.59 Å². The number of hydrogen-bond donors (Lipinski definition) is 2. The first-order chi connectivity index (χ1) is 16.0. The van der Waals surface area contributed by atoms with Crippen LogP contribution in [0.15, 0.2) is 53.9 Å². The molecule has 0 spiro atoms. The van der Waals surface area contributed by atoms with Gasteiger partial charge in [-0.1, -0.05) is 23.7 Å². The first-order valence-corrected chi connectivity index (χ1v) is 12.0. The van der Waals surface area contributed by atoms with Crippen molar-refractivity contribution in [2.45, 2.75) is 12.8 Å². The predicted octanol–water partition coefficient (Wildman–Crippen LogP) is 3.84. The number of carbonyl (C=O) groups is 2. The normalized spacial score (nSPS) is 14.1. The molecule has 33 heavy (non-hydrogen) atoms. The molecule has 1 aliphatic heterocycles. The maximum absolute atomic E-state index is 12.4. The Morgan fingerprint density at radius 1 is 1.03 bits per heavy atom. The van der Waals surface area contributed by atoms with Gasteiger partial charge in [-0.25, -0.2) is 4.98 Å². The first-order valence-electron chi connectivity index (χ1n) is 10.7. The zero-order chi connectivity index (χ0) is 23.0. The number of amides is 2. The highest BCUT2D eigenvalue weighted by atomic mass is 35.5. The lowest BCUT2D eigenvalue weighted by Gasteiger charge is -2.25. The van der Waals surface area contributed by atoms with Gasteiger partial charge in [0.1, 0.15) is 0 Å². The van der Waals surface area contributed by atoms with Gasteiger partial charge < -0.3 is 15.4 Å². The van der Waals surface area contributed by atoms with Crippen molar-refractivity contribution in [2.75, 3.05) is 43.5 Å². The molecule has 1 aromatic heterocycles. The van der Waals surface area contributed by atoms with E-state index in [1.165, 1.54) is 11.3 Å². The van der Waals surface area contributed by atoms with E-state index in [-0.39, 0.29) is 18.2 Å². The van der Waals surface area contributed by atoms with Crippen LogP contribution in [0.4, 0.5) is 11.4 Å². The topological polar surface area (TPSA) is 83.6 Å². The third kappa shape index (κ3) is 7.36. The van der Waals surface area contributed by atoms with E-state index in [1.807, 2.05) is 29.6 Å². The summed E-state index contributed by atoms with van der Waals surface area (Å²) in [4.78, 5) is 31.3. The molecule has 1 saturated heterocycles. The Morgan fingerprint density at radius 2 is 1.73 bits per heavy atom. The minimum absolute atomic E-state index is 0.0641. The Morgan fingerprint density at radius 3 is 2.42 bits per heavy atom. The largest absolute Gasteiger partial charge is 0.379 e. The second-order valence-corrected chi connectivity index (χ2v) is 9.16. The highest BCUT2D eigenvalue weighted by Gasteiger charge is 2.14. The maximum Gasteiger partial charge on any atom is 0.238 e. The smallest absolute Gasteiger partial charge is 0.238 e. The molecule has 4 rings (SSSR count). The third-order valence-corrected chi connectivity index (χ3v) is 6.24. The van der Waals surface area contributed by atoms with Crippen LogP contribution in [0.5, 0.6) is 0 Å². The highest BCUT2D eigenvalue weighted by Crippen LogP contribution is 2.19. The SMILES string of the molecule is O=C(Cc1csc(Cc2cccc(Cl)c2)n1)Nc1ccc(NC(=O)CN2CCOCC2)cc1. The van der Waals surface area contributed by atoms with Crippen LogP contribution in [0, 0.1) is 0 Å². The van der Waals surface area contributed by atoms with Gasteiger partial charge in [0.2, 0.25) is 11.8 Å². The van der Waals surface area contributed by atoms with E-state index in [2.05, 4.69) is 20.5 Å². The van der Waals surface area contributed by atoms with E-state index in [0.29, 0.717) is 42.6 Å². The van der Waals surface area contributed by atoms with Crippen molar-refractivity contribution in [3.05, 3.63) is 75.2 Å². The summed E-state index contributed by atoms with van der Waals surface area (Å²) < 4.78 is 5.30. The van der Waals surface area contributed by atoms with Gasteiger partial charge >= 0.3 is 0 Å². The van der Waals surface area contributed by atoms with E-state index in [1.54, 1.807) is 24.3 Å². The maximum atomic E-state index is 12.4. The molecule has 2 N–H and O–H groups in total. The van der Waals surface area contributed by atoms with Crippen LogP contribution in [-0.2, 0) is 27.2 Å². The number of ether oxygens (including phenoxy) is 1. The van der Waals surface area contributed by atoms with E-state index in [4.69, 9.17) is 16.3 Å². The lowest BCUT2D eigenvalue weighted by atomic mass is 10.2. The minimum Gasteiger partial charge on any atom is -0.379 e. The van der Waals surface area contributed by atoms with Gasteiger partial charge in [-0.2, -0.15) is 0 Å². The van der Waals surface area contributed by atoms with E-state index in [0.717, 1.165) is 29.4 Å². The molecule has 0 saturated carbocycles. The number of morpholine rings is 1. The van der Waals surface area contributed by atoms with Gasteiger partial charge in [-0.15, -0.1) is 11.3 Å². The van der Waals surface area contributed by atoms with Crippen LogP contribution in [0.3, 0.4) is 0 Å². The summed E-state index contributed by atoms with van der Waals surface area (Å²) in [6, 6.07) is 14.8. The fraction of sp³-hybridized carbons (Fsp3) is 0.292. The van der Waals surface area contributed by atoms with Crippen molar-refractivity contribution in [3.8, 4) is 0 Å². The fourth-order valence-electron chi connectivity index (χ4n) is 3.50. The van der Waals surface area contributed by atoms with Crippen LogP contribution in [0.2, 0.25) is 5.02 Å². The Balaban J connectivity index is 1.24. The average molecular weight is 485 g/mol. The number of halogens is 1. The summed E-state index contributed by atoms with van der Waals surface area (Å²) in [7, 11) is 0. The van der Waals surface area contributed by atoms with Gasteiger partial charge in [-0.3, -0.25) is 14.5 Å². The van der Waals surface area contributed by atoms with Crippen LogP contribution in [0.25, 0.3) is 0 Å². The second kappa shape index (κ2) is 11.4. The number of anilines is 2. The van der Waals surface area contributed by atoms with Crippen LogP contribution in [-0.4, -0.2) is 54.5 Å². The lowest BCUT2D eigenvalue weighted by molar-refractivity contribution is -0.118. The van der Waals surface area contributed by atoms with Crippen molar-refractivity contribution in [1.29, 1.82) is 0 Å². The quantitative estimate of drug-likeness (QED) is 0.507. The number of thiazole rings is 1. The van der Waals surface area contributed by atoms with Crippen LogP contribution in [0.1, 0.15) is 16.3 Å². The predicted molar refractivity (Wildman–Crippen MR) is 131 cm³/mol. The monoisotopic (exact) mass is 484 g/mol. The molecule has 0 aliphatic carbocycles. The molecule has 7 nitrogen and oxygen atoms in total. The van der Waals surface area contributed by atoms with E-state index < -0.39 is 0 Å². The molecule has 1 aliphatic rings. The summed E-state index contributed by atoms with van der Waals surface area (Å²) in [5.41, 5.74) is 3.18. The second-order valence-electron chi connectivity index (χ2n) is 7.78. The number of nitrogens with zero attached hydrogens (tertiary/aromatic N) is 2. The van der Waals surface area contributed by atoms with Gasteiger partial charge in [-0.05, 0) is 42.0 Å². The molecular weight excluding hydrogens is 460 g/mol. The third-order valence-electron chi connectivity index (χ3n) is 5.11. The molecular formula is C24H25ClN4O3S. The fourth-order valence-corrected chi connectivity index (χ4v) is 4.54. The van der Waals surface area contributed by atoms with E-state index >= 15 is 0 Å². The summed E-state index contributed by atoms with van der Waals surface area (Å²) in [6.07, 6.45) is 0.885. The van der Waals surface area contributed by atoms with Crippen molar-refractivity contribution < 1.29 is 14.3 Å². The summed E-state index contributed by atoms with van der Waals surface area (Å²) in [6.45, 7) is 3.19. The number of aromatic nitrogens is 1. The van der Waals surface area contributed by atoms with Crippen molar-refractivity contribution >= 4 is 46.1 Å². The van der Waals surface area contributed by atoms with Crippen molar-refractivity contribution in [3.63, 3.8) is 0 Å². The Labute approximate surface area is 201 Å². The molecule has 9 heteroatoms. The lowest BCUT2D eigenvalue weighted by Crippen LogP contribution is -2.41. The molecule has 172 valence electrons. The first kappa shape index (κ1) is 23.4. The van der Waals surface area contributed by atoms with Gasteiger partial charge in [0.05, 0.1) is 36.9 Å². The average Bonchev–Trinajstić information content (AvgIpc) is 3.22. The van der Waals surface area contributed by atoms with Crippen LogP contribution < -0.4 is 10.6 Å². The summed E-state index contributed by atoms with van der Waals surface area (Å²) in [5, 5.41) is 9.31. The number of hydrogen-bond acceptors (Lipinski definition) is 6. The van der Waals surface area contributed by atoms with Gasteiger partial charge in [0, 0.05) is 41.3 Å². The molecule has 1 fully saturated rings. The summed E-state index contributed by atoms with van der Waals surface area (Å²) >= 11 is 7.57. The molecule has 0 unspecified atom stereocenters. The standard InChI is InChI=1S/C24H25ClN4O3S/c25-18-3-1-2-17(12-18)13-24-28-21(16-33-24)14-22(30)26-19-4-6-20(7-5-19)27-23(31)15-29-8-10-32-11-9-29/h1-7,12,16H,8-11,13-15H2,(H,26,30)(H,27,31). The Hall–Kier alpha value is -2.78. The van der Waals surface area contributed by atoms with Crippen molar-refractivity contribution in [2.24, 2.45) is 0 Å². The minimum atomic E-state index is -0.140. The molecule has 0 radical (unpaired) electrons. The zero-order valence-corrected chi connectivity index (χ0v) is 19.6. The highest BCUT2D eigenvalue weighted by molar-refractivity contribution is 7.09. The zero-order valence-electron chi connectivity index (χ0n) is 18.1. The van der Waals surface area contributed by atoms with Crippen molar-refractivity contribution in [1.82, 2.24) is 9.88 Å². The van der Waals surface area contributed by atoms with Gasteiger partial charge in [0.15, 0.2) is 0 Å². The van der Waals surface area contributed by atoms with Gasteiger partial charge in [0.25, 0.3) is 0 Å². The molecule has 2 aromatic carbocycles. The molecule has 2 amide bonds. The molecule has 2 heterocycles. The molecule has 0 atom stereocenters. The number of carbonyl (C=O) groups excluding carboxylic acids is 2. The Bertz CT molecular complexity index is 1100. The Kier molecular flexibility index (Phi) is 8.06. The number of nitrogens with one attached hydrogen (secondary N) is 2. The summed E-state index contributed by atoms with van der Waals surface area (Å²) in [5.74, 6) is -0.204. The molecule has 3 aromatic rings. The number of benzene rings is 2. The number of rotatable bonds is 8. The molecule has 0 bridgehead atoms. The van der Waals surface area contributed by atoms with Crippen LogP contribution >= 0.6 is 22.9 Å².